The molecule has 0 aliphatic heterocycles. The molecule has 1 aromatic carbocycles. The van der Waals surface area contributed by atoms with Gasteiger partial charge in [-0.3, -0.25) is 0 Å². The predicted molar refractivity (Wildman–Crippen MR) is 108 cm³/mol. The second-order valence-electron chi connectivity index (χ2n) is 6.43. The van der Waals surface area contributed by atoms with Gasteiger partial charge in [-0.15, -0.1) is 0 Å². The van der Waals surface area contributed by atoms with Crippen molar-refractivity contribution in [3.8, 4) is 17.2 Å². The van der Waals surface area contributed by atoms with Crippen LogP contribution in [0.2, 0.25) is 0 Å². The van der Waals surface area contributed by atoms with Gasteiger partial charge in [0.15, 0.2) is 11.7 Å². The molecule has 0 aliphatic carbocycles. The Bertz CT molecular complexity index is 761. The van der Waals surface area contributed by atoms with Gasteiger partial charge in [0, 0.05) is 24.7 Å². The van der Waals surface area contributed by atoms with E-state index < -0.39 is 0 Å². The molecule has 0 spiro atoms. The Morgan fingerprint density at radius 2 is 1.75 bits per heavy atom. The Morgan fingerprint density at radius 3 is 2.25 bits per heavy atom. The van der Waals surface area contributed by atoms with E-state index in [9.17, 15) is 0 Å². The van der Waals surface area contributed by atoms with Crippen molar-refractivity contribution >= 4 is 5.96 Å². The number of ether oxygens (including phenoxy) is 3. The van der Waals surface area contributed by atoms with Crippen LogP contribution in [0.1, 0.15) is 43.7 Å². The molecule has 0 unspecified atom stereocenters. The van der Waals surface area contributed by atoms with Gasteiger partial charge < -0.3 is 29.4 Å². The monoisotopic (exact) mass is 390 g/mol. The molecule has 2 N–H and O–H groups in total. The van der Waals surface area contributed by atoms with Crippen LogP contribution in [0.25, 0.3) is 0 Å². The highest BCUT2D eigenvalue weighted by Crippen LogP contribution is 2.34. The van der Waals surface area contributed by atoms with Gasteiger partial charge in [0.2, 0.25) is 0 Å². The van der Waals surface area contributed by atoms with Crippen molar-refractivity contribution in [2.24, 2.45) is 4.99 Å². The number of nitrogens with one attached hydrogen (secondary N) is 2. The Morgan fingerprint density at radius 1 is 1.07 bits per heavy atom. The third-order valence-corrected chi connectivity index (χ3v) is 4.16. The summed E-state index contributed by atoms with van der Waals surface area (Å²) < 4.78 is 21.6. The Kier molecular flexibility index (Phi) is 7.98. The quantitative estimate of drug-likeness (QED) is 0.502. The van der Waals surface area contributed by atoms with Crippen LogP contribution in [0.15, 0.2) is 27.7 Å². The Labute approximate surface area is 166 Å². The summed E-state index contributed by atoms with van der Waals surface area (Å²) in [5.41, 5.74) is 1.77. The average Bonchev–Trinajstić information content (AvgIpc) is 3.18. The maximum Gasteiger partial charge on any atom is 0.191 e. The minimum absolute atomic E-state index is 0.328. The van der Waals surface area contributed by atoms with Crippen LogP contribution in [0.5, 0.6) is 17.2 Å². The third-order valence-electron chi connectivity index (χ3n) is 4.16. The smallest absolute Gasteiger partial charge is 0.191 e. The topological polar surface area (TPSA) is 90.1 Å². The minimum atomic E-state index is 0.328. The van der Waals surface area contributed by atoms with Crippen molar-refractivity contribution in [3.63, 3.8) is 0 Å². The number of rotatable bonds is 9. The lowest BCUT2D eigenvalue weighted by Crippen LogP contribution is -2.36. The lowest BCUT2D eigenvalue weighted by Gasteiger charge is -2.15. The molecule has 0 fully saturated rings. The highest BCUT2D eigenvalue weighted by Gasteiger charge is 2.14. The third kappa shape index (κ3) is 5.55. The lowest BCUT2D eigenvalue weighted by atomic mass is 10.1. The normalized spacial score (nSPS) is 11.5. The summed E-state index contributed by atoms with van der Waals surface area (Å²) in [4.78, 5) is 4.64. The number of hydrogen-bond donors (Lipinski definition) is 2. The number of benzene rings is 1. The second-order valence-corrected chi connectivity index (χ2v) is 6.43. The number of hydrogen-bond acceptors (Lipinski definition) is 6. The van der Waals surface area contributed by atoms with Crippen molar-refractivity contribution in [2.45, 2.75) is 39.8 Å². The van der Waals surface area contributed by atoms with Gasteiger partial charge in [-0.1, -0.05) is 19.0 Å². The van der Waals surface area contributed by atoms with Gasteiger partial charge in [0.1, 0.15) is 17.2 Å². The van der Waals surface area contributed by atoms with Crippen LogP contribution in [-0.4, -0.2) is 39.0 Å². The van der Waals surface area contributed by atoms with E-state index in [1.165, 1.54) is 0 Å². The fourth-order valence-electron chi connectivity index (χ4n) is 2.59. The Balaban J connectivity index is 2.15. The molecule has 1 heterocycles. The first-order valence-corrected chi connectivity index (χ1v) is 9.28. The van der Waals surface area contributed by atoms with Crippen LogP contribution in [0.4, 0.5) is 0 Å². The molecule has 0 saturated carbocycles. The first-order chi connectivity index (χ1) is 13.5. The fourth-order valence-corrected chi connectivity index (χ4v) is 2.59. The first kappa shape index (κ1) is 21.4. The van der Waals surface area contributed by atoms with Gasteiger partial charge in [-0.2, -0.15) is 0 Å². The van der Waals surface area contributed by atoms with Crippen LogP contribution in [-0.2, 0) is 13.1 Å². The van der Waals surface area contributed by atoms with Crippen LogP contribution >= 0.6 is 0 Å². The highest BCUT2D eigenvalue weighted by atomic mass is 16.5. The minimum Gasteiger partial charge on any atom is -0.496 e. The second kappa shape index (κ2) is 10.4. The lowest BCUT2D eigenvalue weighted by molar-refractivity contribution is 0.368. The van der Waals surface area contributed by atoms with E-state index in [-0.39, 0.29) is 0 Å². The Hall–Kier alpha value is -2.90. The predicted octanol–water partition coefficient (Wildman–Crippen LogP) is 3.08. The van der Waals surface area contributed by atoms with Gasteiger partial charge >= 0.3 is 0 Å². The molecule has 8 nitrogen and oxygen atoms in total. The van der Waals surface area contributed by atoms with Gasteiger partial charge in [-0.25, -0.2) is 4.99 Å². The molecular weight excluding hydrogens is 360 g/mol. The standard InChI is InChI=1S/C20H30N4O4/c1-7-21-20(22-11-15-8-17(13(2)3)24-28-15)23-12-16-18(26-5)9-14(25-4)10-19(16)27-6/h8-10,13H,7,11-12H2,1-6H3,(H2,21,22,23). The molecule has 0 amide bonds. The summed E-state index contributed by atoms with van der Waals surface area (Å²) in [6.45, 7) is 7.77. The molecule has 0 saturated heterocycles. The van der Waals surface area contributed by atoms with Crippen molar-refractivity contribution in [3.05, 3.63) is 35.2 Å². The zero-order valence-corrected chi connectivity index (χ0v) is 17.5. The van der Waals surface area contributed by atoms with E-state index in [0.29, 0.717) is 42.2 Å². The summed E-state index contributed by atoms with van der Waals surface area (Å²) >= 11 is 0. The SMILES string of the molecule is CCNC(=NCc1c(OC)cc(OC)cc1OC)NCc1cc(C(C)C)no1. The summed E-state index contributed by atoms with van der Waals surface area (Å²) in [5.74, 6) is 3.73. The molecule has 0 bridgehead atoms. The largest absolute Gasteiger partial charge is 0.496 e. The van der Waals surface area contributed by atoms with Crippen molar-refractivity contribution in [2.75, 3.05) is 27.9 Å². The van der Waals surface area contributed by atoms with Gasteiger partial charge in [-0.05, 0) is 12.8 Å². The van der Waals surface area contributed by atoms with Gasteiger partial charge in [0.25, 0.3) is 0 Å². The summed E-state index contributed by atoms with van der Waals surface area (Å²) in [5, 5.41) is 10.6. The van der Waals surface area contributed by atoms with E-state index in [1.54, 1.807) is 21.3 Å². The number of aromatic nitrogens is 1. The molecule has 0 atom stereocenters. The summed E-state index contributed by atoms with van der Waals surface area (Å²) in [7, 11) is 4.83. The van der Waals surface area contributed by atoms with Crippen molar-refractivity contribution in [1.29, 1.82) is 0 Å². The zero-order valence-electron chi connectivity index (χ0n) is 17.5. The molecule has 8 heteroatoms. The average molecular weight is 390 g/mol. The zero-order chi connectivity index (χ0) is 20.5. The molecule has 2 rings (SSSR count). The number of nitrogens with zero attached hydrogens (tertiary/aromatic N) is 2. The van der Waals surface area contributed by atoms with E-state index in [4.69, 9.17) is 18.7 Å². The van der Waals surface area contributed by atoms with Crippen molar-refractivity contribution < 1.29 is 18.7 Å². The van der Waals surface area contributed by atoms with Gasteiger partial charge in [0.05, 0.1) is 45.7 Å². The molecule has 0 radical (unpaired) electrons. The molecular formula is C20H30N4O4. The van der Waals surface area contributed by atoms with Crippen LogP contribution in [0, 0.1) is 0 Å². The number of methoxy groups -OCH3 is 3. The summed E-state index contributed by atoms with van der Waals surface area (Å²) in [6, 6.07) is 5.59. The first-order valence-electron chi connectivity index (χ1n) is 9.28. The van der Waals surface area contributed by atoms with E-state index in [0.717, 1.165) is 23.6 Å². The fraction of sp³-hybridized carbons (Fsp3) is 0.500. The highest BCUT2D eigenvalue weighted by molar-refractivity contribution is 5.79. The molecule has 1 aromatic heterocycles. The van der Waals surface area contributed by atoms with E-state index in [1.807, 2.05) is 25.1 Å². The van der Waals surface area contributed by atoms with E-state index >= 15 is 0 Å². The van der Waals surface area contributed by atoms with E-state index in [2.05, 4.69) is 34.6 Å². The van der Waals surface area contributed by atoms with Crippen LogP contribution < -0.4 is 24.8 Å². The molecule has 154 valence electrons. The summed E-state index contributed by atoms with van der Waals surface area (Å²) in [6.07, 6.45) is 0. The molecule has 2 aromatic rings. The maximum absolute atomic E-state index is 5.48. The van der Waals surface area contributed by atoms with Crippen molar-refractivity contribution in [1.82, 2.24) is 15.8 Å². The molecule has 28 heavy (non-hydrogen) atoms. The number of aliphatic imine (C=N–C) groups is 1. The van der Waals surface area contributed by atoms with Crippen LogP contribution in [0.3, 0.4) is 0 Å². The number of guanidine groups is 1. The molecule has 0 aliphatic rings. The maximum atomic E-state index is 5.48.